The number of piperidine rings is 1. The molecule has 1 amide bonds. The summed E-state index contributed by atoms with van der Waals surface area (Å²) in [6, 6.07) is 13.1. The maximum atomic E-state index is 13.3. The molecule has 2 aromatic rings. The van der Waals surface area contributed by atoms with Crippen LogP contribution in [0.4, 0.5) is 8.78 Å². The van der Waals surface area contributed by atoms with Gasteiger partial charge in [0, 0.05) is 31.5 Å². The monoisotopic (exact) mass is 345 g/mol. The Labute approximate surface area is 143 Å². The van der Waals surface area contributed by atoms with Gasteiger partial charge in [-0.1, -0.05) is 36.4 Å². The Balaban J connectivity index is 1.98. The lowest BCUT2D eigenvalue weighted by Crippen LogP contribution is -2.42. The topological polar surface area (TPSA) is 57.6 Å². The number of halogens is 2. The maximum absolute atomic E-state index is 13.3. The van der Waals surface area contributed by atoms with E-state index in [1.54, 1.807) is 42.5 Å². The summed E-state index contributed by atoms with van der Waals surface area (Å²) in [6.45, 7) is -0.0263. The van der Waals surface area contributed by atoms with E-state index in [1.807, 2.05) is 0 Å². The van der Waals surface area contributed by atoms with Crippen molar-refractivity contribution in [2.75, 3.05) is 13.1 Å². The van der Waals surface area contributed by atoms with E-state index in [2.05, 4.69) is 0 Å². The van der Waals surface area contributed by atoms with Gasteiger partial charge in [0.1, 0.15) is 0 Å². The largest absolute Gasteiger partial charge is 0.478 e. The predicted molar refractivity (Wildman–Crippen MR) is 88.9 cm³/mol. The third-order valence-corrected chi connectivity index (χ3v) is 4.39. The van der Waals surface area contributed by atoms with Crippen LogP contribution in [0.2, 0.25) is 0 Å². The molecule has 0 aliphatic carbocycles. The Kier molecular flexibility index (Phi) is 4.53. The molecule has 0 spiro atoms. The highest BCUT2D eigenvalue weighted by molar-refractivity contribution is 6.04. The van der Waals surface area contributed by atoms with Crippen LogP contribution in [0.25, 0.3) is 11.1 Å². The van der Waals surface area contributed by atoms with E-state index in [1.165, 1.54) is 11.0 Å². The zero-order valence-corrected chi connectivity index (χ0v) is 13.4. The first-order valence-electron chi connectivity index (χ1n) is 7.98. The van der Waals surface area contributed by atoms with E-state index in [0.717, 1.165) is 0 Å². The van der Waals surface area contributed by atoms with Gasteiger partial charge in [0.05, 0.1) is 5.56 Å². The SMILES string of the molecule is O=C(O)c1ccccc1-c1ccccc1C(=O)N1CCC(F)(F)CC1. The fraction of sp³-hybridized carbons (Fsp3) is 0.263. The van der Waals surface area contributed by atoms with Crippen molar-refractivity contribution < 1.29 is 23.5 Å². The third kappa shape index (κ3) is 3.52. The molecule has 1 heterocycles. The lowest BCUT2D eigenvalue weighted by molar-refractivity contribution is -0.0494. The first kappa shape index (κ1) is 17.1. The molecule has 1 N–H and O–H groups in total. The summed E-state index contributed by atoms with van der Waals surface area (Å²) in [5, 5.41) is 9.38. The number of benzene rings is 2. The number of alkyl halides is 2. The Morgan fingerprint density at radius 3 is 1.92 bits per heavy atom. The highest BCUT2D eigenvalue weighted by atomic mass is 19.3. The van der Waals surface area contributed by atoms with Crippen molar-refractivity contribution in [3.05, 3.63) is 59.7 Å². The number of carboxylic acid groups (broad SMARTS) is 1. The minimum Gasteiger partial charge on any atom is -0.478 e. The molecule has 1 saturated heterocycles. The number of hydrogen-bond donors (Lipinski definition) is 1. The van der Waals surface area contributed by atoms with Gasteiger partial charge in [0.25, 0.3) is 11.8 Å². The number of carbonyl (C=O) groups is 2. The Bertz CT molecular complexity index is 810. The molecule has 1 fully saturated rings. The molecule has 0 radical (unpaired) electrons. The van der Waals surface area contributed by atoms with Crippen LogP contribution in [0, 0.1) is 0 Å². The first-order valence-corrected chi connectivity index (χ1v) is 7.98. The van der Waals surface area contributed by atoms with Crippen molar-refractivity contribution in [1.82, 2.24) is 4.90 Å². The van der Waals surface area contributed by atoms with Gasteiger partial charge in [-0.25, -0.2) is 13.6 Å². The summed E-state index contributed by atoms with van der Waals surface area (Å²) in [5.41, 5.74) is 1.33. The molecule has 6 heteroatoms. The molecule has 0 atom stereocenters. The summed E-state index contributed by atoms with van der Waals surface area (Å²) < 4.78 is 26.7. The van der Waals surface area contributed by atoms with Crippen molar-refractivity contribution in [1.29, 1.82) is 0 Å². The van der Waals surface area contributed by atoms with Gasteiger partial charge in [-0.05, 0) is 23.3 Å². The van der Waals surface area contributed by atoms with E-state index >= 15 is 0 Å². The number of aromatic carboxylic acids is 1. The number of hydrogen-bond acceptors (Lipinski definition) is 2. The second kappa shape index (κ2) is 6.63. The summed E-state index contributed by atoms with van der Waals surface area (Å²) in [5.74, 6) is -4.17. The van der Waals surface area contributed by atoms with Crippen LogP contribution in [0.1, 0.15) is 33.6 Å². The zero-order valence-electron chi connectivity index (χ0n) is 13.4. The van der Waals surface area contributed by atoms with Gasteiger partial charge in [-0.15, -0.1) is 0 Å². The molecule has 130 valence electrons. The lowest BCUT2D eigenvalue weighted by Gasteiger charge is -2.32. The maximum Gasteiger partial charge on any atom is 0.336 e. The number of nitrogens with zero attached hydrogens (tertiary/aromatic N) is 1. The number of likely N-dealkylation sites (tertiary alicyclic amines) is 1. The van der Waals surface area contributed by atoms with Crippen LogP contribution < -0.4 is 0 Å². The van der Waals surface area contributed by atoms with E-state index in [9.17, 15) is 23.5 Å². The van der Waals surface area contributed by atoms with Crippen LogP contribution in [-0.4, -0.2) is 40.9 Å². The lowest BCUT2D eigenvalue weighted by atomic mass is 9.94. The van der Waals surface area contributed by atoms with Gasteiger partial charge in [0.15, 0.2) is 0 Å². The van der Waals surface area contributed by atoms with Gasteiger partial charge in [-0.3, -0.25) is 4.79 Å². The van der Waals surface area contributed by atoms with Gasteiger partial charge < -0.3 is 10.0 Å². The Hall–Kier alpha value is -2.76. The summed E-state index contributed by atoms with van der Waals surface area (Å²) in [4.78, 5) is 25.7. The fourth-order valence-corrected chi connectivity index (χ4v) is 3.02. The quantitative estimate of drug-likeness (QED) is 0.917. The number of carboxylic acids is 1. The zero-order chi connectivity index (χ0) is 18.0. The van der Waals surface area contributed by atoms with Crippen molar-refractivity contribution in [3.63, 3.8) is 0 Å². The van der Waals surface area contributed by atoms with Crippen molar-refractivity contribution in [2.24, 2.45) is 0 Å². The fourth-order valence-electron chi connectivity index (χ4n) is 3.02. The van der Waals surface area contributed by atoms with E-state index < -0.39 is 11.9 Å². The molecule has 2 aromatic carbocycles. The van der Waals surface area contributed by atoms with Gasteiger partial charge >= 0.3 is 5.97 Å². The third-order valence-electron chi connectivity index (χ3n) is 4.39. The molecule has 0 bridgehead atoms. The van der Waals surface area contributed by atoms with Crippen LogP contribution >= 0.6 is 0 Å². The Morgan fingerprint density at radius 1 is 0.880 bits per heavy atom. The first-order chi connectivity index (χ1) is 11.9. The number of carbonyl (C=O) groups excluding carboxylic acids is 1. The highest BCUT2D eigenvalue weighted by Crippen LogP contribution is 2.31. The van der Waals surface area contributed by atoms with Crippen LogP contribution in [0.5, 0.6) is 0 Å². The number of rotatable bonds is 3. The van der Waals surface area contributed by atoms with Gasteiger partial charge in [0.2, 0.25) is 0 Å². The van der Waals surface area contributed by atoms with Crippen molar-refractivity contribution in [3.8, 4) is 11.1 Å². The molecule has 3 rings (SSSR count). The predicted octanol–water partition coefficient (Wildman–Crippen LogP) is 3.92. The molecular formula is C19H17F2NO3. The average molecular weight is 345 g/mol. The minimum atomic E-state index is -2.73. The molecule has 0 unspecified atom stereocenters. The van der Waals surface area contributed by atoms with Crippen LogP contribution in [0.15, 0.2) is 48.5 Å². The summed E-state index contributed by atoms with van der Waals surface area (Å²) in [6.07, 6.45) is -0.709. The second-order valence-electron chi connectivity index (χ2n) is 6.04. The molecular weight excluding hydrogens is 328 g/mol. The van der Waals surface area contributed by atoms with Crippen LogP contribution in [-0.2, 0) is 0 Å². The molecule has 25 heavy (non-hydrogen) atoms. The van der Waals surface area contributed by atoms with Crippen LogP contribution in [0.3, 0.4) is 0 Å². The number of amides is 1. The normalized spacial score (nSPS) is 16.5. The molecule has 4 nitrogen and oxygen atoms in total. The van der Waals surface area contributed by atoms with Crippen molar-refractivity contribution in [2.45, 2.75) is 18.8 Å². The molecule has 1 aliphatic rings. The van der Waals surface area contributed by atoms with E-state index in [0.29, 0.717) is 16.7 Å². The second-order valence-corrected chi connectivity index (χ2v) is 6.04. The summed E-state index contributed by atoms with van der Waals surface area (Å²) >= 11 is 0. The van der Waals surface area contributed by atoms with E-state index in [4.69, 9.17) is 0 Å². The standard InChI is InChI=1S/C19H17F2NO3/c20-19(21)9-11-22(12-10-19)17(23)15-7-3-1-5-13(15)14-6-2-4-8-16(14)18(24)25/h1-8H,9-12H2,(H,24,25). The van der Waals surface area contributed by atoms with Crippen molar-refractivity contribution >= 4 is 11.9 Å². The minimum absolute atomic E-state index is 0.0131. The Morgan fingerprint density at radius 2 is 1.36 bits per heavy atom. The average Bonchev–Trinajstić information content (AvgIpc) is 2.61. The molecule has 1 aliphatic heterocycles. The molecule has 0 aromatic heterocycles. The molecule has 0 saturated carbocycles. The van der Waals surface area contributed by atoms with Gasteiger partial charge in [-0.2, -0.15) is 0 Å². The highest BCUT2D eigenvalue weighted by Gasteiger charge is 2.36. The smallest absolute Gasteiger partial charge is 0.336 e. The van der Waals surface area contributed by atoms with E-state index in [-0.39, 0.29) is 37.4 Å². The summed E-state index contributed by atoms with van der Waals surface area (Å²) in [7, 11) is 0.